The fourth-order valence-corrected chi connectivity index (χ4v) is 2.42. The Balaban J connectivity index is 2.33. The molecule has 1 aromatic heterocycles. The van der Waals surface area contributed by atoms with E-state index in [0.717, 1.165) is 17.0 Å². The van der Waals surface area contributed by atoms with Crippen molar-refractivity contribution in [2.45, 2.75) is 26.3 Å². The number of hydrogen-bond acceptors (Lipinski definition) is 3. The maximum atomic E-state index is 13.7. The fourth-order valence-electron chi connectivity index (χ4n) is 2.42. The van der Waals surface area contributed by atoms with Crippen LogP contribution in [0.3, 0.4) is 0 Å². The average molecular weight is 262 g/mol. The van der Waals surface area contributed by atoms with Gasteiger partial charge in [-0.2, -0.15) is 5.10 Å². The van der Waals surface area contributed by atoms with Crippen LogP contribution in [0.4, 0.5) is 4.39 Å². The van der Waals surface area contributed by atoms with E-state index in [2.05, 4.69) is 10.5 Å². The average Bonchev–Trinajstić information content (AvgIpc) is 2.63. The summed E-state index contributed by atoms with van der Waals surface area (Å²) in [6.45, 7) is 3.93. The highest BCUT2D eigenvalue weighted by atomic mass is 19.1. The Morgan fingerprint density at radius 1 is 1.37 bits per heavy atom. The zero-order valence-electron chi connectivity index (χ0n) is 11.4. The second kappa shape index (κ2) is 5.50. The molecule has 0 aliphatic heterocycles. The van der Waals surface area contributed by atoms with Crippen LogP contribution in [0.5, 0.6) is 0 Å². The molecule has 2 rings (SSSR count). The maximum absolute atomic E-state index is 13.7. The van der Waals surface area contributed by atoms with Crippen LogP contribution in [0.1, 0.15) is 28.6 Å². The molecular formula is C14H19FN4. The van der Waals surface area contributed by atoms with Gasteiger partial charge >= 0.3 is 0 Å². The van der Waals surface area contributed by atoms with E-state index in [4.69, 9.17) is 5.84 Å². The zero-order chi connectivity index (χ0) is 14.0. The minimum absolute atomic E-state index is 0.148. The van der Waals surface area contributed by atoms with Gasteiger partial charge in [0.05, 0.1) is 11.7 Å². The molecule has 1 heterocycles. The van der Waals surface area contributed by atoms with Gasteiger partial charge in [0.15, 0.2) is 0 Å². The largest absolute Gasteiger partial charge is 0.272 e. The summed E-state index contributed by atoms with van der Waals surface area (Å²) in [6.07, 6.45) is 0.497. The summed E-state index contributed by atoms with van der Waals surface area (Å²) in [5.74, 6) is 5.43. The van der Waals surface area contributed by atoms with Crippen molar-refractivity contribution in [1.82, 2.24) is 15.2 Å². The van der Waals surface area contributed by atoms with E-state index in [0.29, 0.717) is 12.0 Å². The van der Waals surface area contributed by atoms with E-state index in [-0.39, 0.29) is 11.9 Å². The van der Waals surface area contributed by atoms with E-state index >= 15 is 0 Å². The number of hydrazine groups is 1. The maximum Gasteiger partial charge on any atom is 0.126 e. The second-order valence-corrected chi connectivity index (χ2v) is 4.72. The summed E-state index contributed by atoms with van der Waals surface area (Å²) in [4.78, 5) is 0. The van der Waals surface area contributed by atoms with Crippen molar-refractivity contribution >= 4 is 0 Å². The molecule has 0 spiro atoms. The van der Waals surface area contributed by atoms with E-state index in [1.54, 1.807) is 12.1 Å². The first-order valence-electron chi connectivity index (χ1n) is 6.24. The van der Waals surface area contributed by atoms with Crippen molar-refractivity contribution in [3.05, 3.63) is 52.6 Å². The third-order valence-corrected chi connectivity index (χ3v) is 3.50. The van der Waals surface area contributed by atoms with Gasteiger partial charge in [-0.25, -0.2) is 4.39 Å². The van der Waals surface area contributed by atoms with Gasteiger partial charge in [-0.1, -0.05) is 18.2 Å². The van der Waals surface area contributed by atoms with Crippen molar-refractivity contribution < 1.29 is 4.39 Å². The Labute approximate surface area is 112 Å². The third kappa shape index (κ3) is 2.67. The van der Waals surface area contributed by atoms with Gasteiger partial charge in [0.1, 0.15) is 5.82 Å². The van der Waals surface area contributed by atoms with Gasteiger partial charge in [0, 0.05) is 18.3 Å². The Hall–Kier alpha value is -1.72. The lowest BCUT2D eigenvalue weighted by molar-refractivity contribution is 0.524. The van der Waals surface area contributed by atoms with Crippen LogP contribution < -0.4 is 11.3 Å². The highest BCUT2D eigenvalue weighted by Crippen LogP contribution is 2.24. The molecule has 0 aliphatic carbocycles. The summed E-state index contributed by atoms with van der Waals surface area (Å²) in [5.41, 5.74) is 6.41. The summed E-state index contributed by atoms with van der Waals surface area (Å²) >= 11 is 0. The minimum Gasteiger partial charge on any atom is -0.272 e. The van der Waals surface area contributed by atoms with Crippen LogP contribution in [0, 0.1) is 19.7 Å². The predicted octanol–water partition coefficient (Wildman–Crippen LogP) is 1.92. The summed E-state index contributed by atoms with van der Waals surface area (Å²) < 4.78 is 15.5. The Bertz CT molecular complexity index is 577. The molecule has 102 valence electrons. The first-order chi connectivity index (χ1) is 9.04. The Morgan fingerprint density at radius 2 is 2.05 bits per heavy atom. The zero-order valence-corrected chi connectivity index (χ0v) is 11.4. The van der Waals surface area contributed by atoms with Crippen LogP contribution in [0.25, 0.3) is 0 Å². The summed E-state index contributed by atoms with van der Waals surface area (Å²) in [7, 11) is 1.89. The first kappa shape index (κ1) is 13.7. The smallest absolute Gasteiger partial charge is 0.126 e. The van der Waals surface area contributed by atoms with Gasteiger partial charge < -0.3 is 0 Å². The van der Waals surface area contributed by atoms with Gasteiger partial charge in [0.2, 0.25) is 0 Å². The van der Waals surface area contributed by atoms with Crippen molar-refractivity contribution in [3.63, 3.8) is 0 Å². The molecule has 5 heteroatoms. The number of nitrogens with two attached hydrogens (primary N) is 1. The normalized spacial score (nSPS) is 12.7. The van der Waals surface area contributed by atoms with Gasteiger partial charge in [-0.3, -0.25) is 16.0 Å². The van der Waals surface area contributed by atoms with Gasteiger partial charge in [-0.15, -0.1) is 0 Å². The number of aromatic nitrogens is 2. The molecule has 0 saturated carbocycles. The molecule has 1 unspecified atom stereocenters. The number of aryl methyl sites for hydroxylation is 2. The van der Waals surface area contributed by atoms with E-state index in [1.165, 1.54) is 6.07 Å². The Morgan fingerprint density at radius 3 is 2.58 bits per heavy atom. The topological polar surface area (TPSA) is 55.9 Å². The highest BCUT2D eigenvalue weighted by Gasteiger charge is 2.20. The van der Waals surface area contributed by atoms with Gasteiger partial charge in [0.25, 0.3) is 0 Å². The number of nitrogens with zero attached hydrogens (tertiary/aromatic N) is 2. The van der Waals surface area contributed by atoms with Crippen LogP contribution in [0.2, 0.25) is 0 Å². The predicted molar refractivity (Wildman–Crippen MR) is 72.9 cm³/mol. The number of nitrogens with one attached hydrogen (secondary N) is 1. The molecule has 0 saturated heterocycles. The van der Waals surface area contributed by atoms with E-state index in [9.17, 15) is 4.39 Å². The van der Waals surface area contributed by atoms with Crippen LogP contribution >= 0.6 is 0 Å². The number of hydrogen-bond donors (Lipinski definition) is 2. The Kier molecular flexibility index (Phi) is 3.97. The molecule has 0 radical (unpaired) electrons. The summed E-state index contributed by atoms with van der Waals surface area (Å²) in [6, 6.07) is 6.61. The molecule has 19 heavy (non-hydrogen) atoms. The van der Waals surface area contributed by atoms with Gasteiger partial charge in [-0.05, 0) is 31.9 Å². The number of halogens is 1. The van der Waals surface area contributed by atoms with Crippen molar-refractivity contribution in [2.24, 2.45) is 12.9 Å². The molecule has 1 atom stereocenters. The molecule has 4 nitrogen and oxygen atoms in total. The second-order valence-electron chi connectivity index (χ2n) is 4.72. The SMILES string of the molecule is Cc1nn(C)c(C)c1C(Cc1ccccc1F)NN. The molecule has 0 bridgehead atoms. The number of benzene rings is 1. The summed E-state index contributed by atoms with van der Waals surface area (Å²) in [5, 5.41) is 4.37. The minimum atomic E-state index is -0.207. The van der Waals surface area contributed by atoms with Crippen molar-refractivity contribution in [3.8, 4) is 0 Å². The molecule has 2 aromatic rings. The molecular weight excluding hydrogens is 243 g/mol. The first-order valence-corrected chi connectivity index (χ1v) is 6.24. The fraction of sp³-hybridized carbons (Fsp3) is 0.357. The van der Waals surface area contributed by atoms with E-state index < -0.39 is 0 Å². The quantitative estimate of drug-likeness (QED) is 0.654. The molecule has 3 N–H and O–H groups in total. The highest BCUT2D eigenvalue weighted by molar-refractivity contribution is 5.30. The molecule has 0 aliphatic rings. The standard InChI is InChI=1S/C14H19FN4/c1-9-14(10(2)19(3)18-9)13(17-16)8-11-6-4-5-7-12(11)15/h4-7,13,17H,8,16H2,1-3H3. The van der Waals surface area contributed by atoms with Crippen LogP contribution in [-0.4, -0.2) is 9.78 Å². The third-order valence-electron chi connectivity index (χ3n) is 3.50. The van der Waals surface area contributed by atoms with E-state index in [1.807, 2.05) is 31.6 Å². The van der Waals surface area contributed by atoms with Crippen LogP contribution in [0.15, 0.2) is 24.3 Å². The monoisotopic (exact) mass is 262 g/mol. The van der Waals surface area contributed by atoms with Crippen LogP contribution in [-0.2, 0) is 13.5 Å². The van der Waals surface area contributed by atoms with Crippen molar-refractivity contribution in [1.29, 1.82) is 0 Å². The lowest BCUT2D eigenvalue weighted by atomic mass is 9.97. The molecule has 1 aromatic carbocycles. The molecule has 0 fully saturated rings. The van der Waals surface area contributed by atoms with Crippen molar-refractivity contribution in [2.75, 3.05) is 0 Å². The lowest BCUT2D eigenvalue weighted by Crippen LogP contribution is -2.30. The number of rotatable bonds is 4. The molecule has 0 amide bonds. The lowest BCUT2D eigenvalue weighted by Gasteiger charge is -2.17.